The third-order valence-corrected chi connectivity index (χ3v) is 4.70. The number of benzene rings is 2. The molecule has 0 radical (unpaired) electrons. The zero-order valence-electron chi connectivity index (χ0n) is 14.5. The number of fused-ring (bicyclic) bond motifs is 1. The molecule has 2 heterocycles. The van der Waals surface area contributed by atoms with Gasteiger partial charge in [0.1, 0.15) is 18.2 Å². The van der Waals surface area contributed by atoms with Gasteiger partial charge in [-0.05, 0) is 49.2 Å². The Labute approximate surface area is 154 Å². The van der Waals surface area contributed by atoms with Crippen molar-refractivity contribution >= 4 is 16.9 Å². The molecule has 6 nitrogen and oxygen atoms in total. The normalized spacial score (nSPS) is 16.6. The summed E-state index contributed by atoms with van der Waals surface area (Å²) in [4.78, 5) is 33.8. The Hall–Kier alpha value is -3.22. The van der Waals surface area contributed by atoms with Gasteiger partial charge in [-0.3, -0.25) is 9.59 Å². The van der Waals surface area contributed by atoms with Crippen molar-refractivity contribution in [3.05, 3.63) is 70.4 Å². The van der Waals surface area contributed by atoms with Gasteiger partial charge in [-0.2, -0.15) is 0 Å². The maximum atomic E-state index is 13.0. The number of hydrogen-bond donors (Lipinski definition) is 1. The van der Waals surface area contributed by atoms with E-state index in [-0.39, 0.29) is 24.2 Å². The van der Waals surface area contributed by atoms with Crippen LogP contribution < -0.4 is 10.3 Å². The number of H-pyrrole nitrogens is 1. The van der Waals surface area contributed by atoms with Crippen LogP contribution in [0.5, 0.6) is 5.75 Å². The van der Waals surface area contributed by atoms with Crippen molar-refractivity contribution in [2.75, 3.05) is 13.2 Å². The van der Waals surface area contributed by atoms with Crippen molar-refractivity contribution in [1.82, 2.24) is 14.9 Å². The zero-order chi connectivity index (χ0) is 18.8. The molecule has 1 amide bonds. The molecule has 1 aliphatic heterocycles. The molecule has 1 saturated heterocycles. The molecule has 4 rings (SSSR count). The van der Waals surface area contributed by atoms with Crippen molar-refractivity contribution in [1.29, 1.82) is 0 Å². The molecule has 0 spiro atoms. The molecule has 0 bridgehead atoms. The van der Waals surface area contributed by atoms with Gasteiger partial charge in [0.25, 0.3) is 11.5 Å². The number of hydrogen-bond acceptors (Lipinski definition) is 4. The fourth-order valence-corrected chi connectivity index (χ4v) is 3.31. The Morgan fingerprint density at radius 3 is 2.81 bits per heavy atom. The number of rotatable bonds is 4. The molecule has 1 unspecified atom stereocenters. The van der Waals surface area contributed by atoms with Gasteiger partial charge >= 0.3 is 0 Å². The molecule has 2 aromatic carbocycles. The third kappa shape index (κ3) is 3.53. The molecule has 138 valence electrons. The number of halogens is 1. The average molecular weight is 367 g/mol. The summed E-state index contributed by atoms with van der Waals surface area (Å²) in [6.45, 7) is 0.826. The van der Waals surface area contributed by atoms with Gasteiger partial charge in [0.15, 0.2) is 5.69 Å². The first kappa shape index (κ1) is 17.2. The van der Waals surface area contributed by atoms with E-state index in [0.29, 0.717) is 23.3 Å². The highest BCUT2D eigenvalue weighted by Gasteiger charge is 2.32. The first-order valence-corrected chi connectivity index (χ1v) is 8.80. The predicted molar refractivity (Wildman–Crippen MR) is 98.3 cm³/mol. The summed E-state index contributed by atoms with van der Waals surface area (Å²) >= 11 is 0. The van der Waals surface area contributed by atoms with Crippen LogP contribution in [0, 0.1) is 5.82 Å². The summed E-state index contributed by atoms with van der Waals surface area (Å²) in [6.07, 6.45) is 1.60. The topological polar surface area (TPSA) is 75.3 Å². The summed E-state index contributed by atoms with van der Waals surface area (Å²) in [5.41, 5.74) is 0.557. The van der Waals surface area contributed by atoms with E-state index in [1.807, 2.05) is 0 Å². The van der Waals surface area contributed by atoms with Gasteiger partial charge in [-0.15, -0.1) is 0 Å². The highest BCUT2D eigenvalue weighted by Crippen LogP contribution is 2.21. The second-order valence-electron chi connectivity index (χ2n) is 6.49. The minimum absolute atomic E-state index is 0.109. The van der Waals surface area contributed by atoms with Crippen LogP contribution in [0.3, 0.4) is 0 Å². The SMILES string of the molecule is O=C(c1nc2ccccc2[nH]c1=O)N1CCCC1COc1ccc(F)cc1. The fraction of sp³-hybridized carbons (Fsp3) is 0.250. The Balaban J connectivity index is 1.53. The van der Waals surface area contributed by atoms with Crippen LogP contribution in [0.25, 0.3) is 11.0 Å². The van der Waals surface area contributed by atoms with Crippen molar-refractivity contribution in [2.24, 2.45) is 0 Å². The van der Waals surface area contributed by atoms with Gasteiger partial charge in [0, 0.05) is 6.54 Å². The van der Waals surface area contributed by atoms with E-state index < -0.39 is 11.5 Å². The van der Waals surface area contributed by atoms with Crippen LogP contribution in [0.1, 0.15) is 23.3 Å². The average Bonchev–Trinajstić information content (AvgIpc) is 3.15. The van der Waals surface area contributed by atoms with E-state index in [0.717, 1.165) is 12.8 Å². The summed E-state index contributed by atoms with van der Waals surface area (Å²) in [6, 6.07) is 12.7. The number of amides is 1. The summed E-state index contributed by atoms with van der Waals surface area (Å²) in [5.74, 6) is -0.189. The molecule has 0 saturated carbocycles. The standard InChI is InChI=1S/C20H18FN3O3/c21-13-7-9-15(10-8-13)27-12-14-4-3-11-24(14)20(26)18-19(25)23-17-6-2-1-5-16(17)22-18/h1-2,5-10,14H,3-4,11-12H2,(H,23,25). The molecule has 7 heteroatoms. The maximum absolute atomic E-state index is 13.0. The number of likely N-dealkylation sites (tertiary alicyclic amines) is 1. The van der Waals surface area contributed by atoms with Crippen molar-refractivity contribution in [3.63, 3.8) is 0 Å². The third-order valence-electron chi connectivity index (χ3n) is 4.70. The molecule has 1 atom stereocenters. The minimum Gasteiger partial charge on any atom is -0.491 e. The predicted octanol–water partition coefficient (Wildman–Crippen LogP) is 2.75. The van der Waals surface area contributed by atoms with Crippen molar-refractivity contribution in [3.8, 4) is 5.75 Å². The van der Waals surface area contributed by atoms with E-state index in [9.17, 15) is 14.0 Å². The summed E-state index contributed by atoms with van der Waals surface area (Å²) in [7, 11) is 0. The smallest absolute Gasteiger partial charge is 0.280 e. The monoisotopic (exact) mass is 367 g/mol. The Morgan fingerprint density at radius 2 is 2.00 bits per heavy atom. The lowest BCUT2D eigenvalue weighted by atomic mass is 10.2. The van der Waals surface area contributed by atoms with Crippen LogP contribution in [0.4, 0.5) is 4.39 Å². The van der Waals surface area contributed by atoms with Crippen LogP contribution in [0.15, 0.2) is 53.3 Å². The first-order valence-electron chi connectivity index (χ1n) is 8.80. The molecular weight excluding hydrogens is 349 g/mol. The number of aromatic nitrogens is 2. The van der Waals surface area contributed by atoms with E-state index in [4.69, 9.17) is 4.74 Å². The van der Waals surface area contributed by atoms with Crippen molar-refractivity contribution < 1.29 is 13.9 Å². The Morgan fingerprint density at radius 1 is 1.22 bits per heavy atom. The number of para-hydroxylation sites is 2. The number of carbonyl (C=O) groups excluding carboxylic acids is 1. The van der Waals surface area contributed by atoms with Gasteiger partial charge in [-0.1, -0.05) is 12.1 Å². The number of nitrogens with one attached hydrogen (secondary N) is 1. The van der Waals surface area contributed by atoms with E-state index >= 15 is 0 Å². The van der Waals surface area contributed by atoms with E-state index in [1.54, 1.807) is 41.3 Å². The van der Waals surface area contributed by atoms with Gasteiger partial charge < -0.3 is 14.6 Å². The van der Waals surface area contributed by atoms with Gasteiger partial charge in [-0.25, -0.2) is 9.37 Å². The number of aromatic amines is 1. The molecule has 1 aliphatic rings. The lowest BCUT2D eigenvalue weighted by molar-refractivity contribution is 0.0684. The fourth-order valence-electron chi connectivity index (χ4n) is 3.31. The van der Waals surface area contributed by atoms with Crippen LogP contribution in [0.2, 0.25) is 0 Å². The molecule has 3 aromatic rings. The Bertz CT molecular complexity index is 1030. The van der Waals surface area contributed by atoms with Crippen molar-refractivity contribution in [2.45, 2.75) is 18.9 Å². The van der Waals surface area contributed by atoms with Crippen LogP contribution in [-0.4, -0.2) is 40.0 Å². The summed E-state index contributed by atoms with van der Waals surface area (Å²) < 4.78 is 18.7. The van der Waals surface area contributed by atoms with E-state index in [1.165, 1.54) is 12.1 Å². The van der Waals surface area contributed by atoms with Crippen LogP contribution in [-0.2, 0) is 0 Å². The molecule has 1 aromatic heterocycles. The molecular formula is C20H18FN3O3. The molecule has 27 heavy (non-hydrogen) atoms. The van der Waals surface area contributed by atoms with Gasteiger partial charge in [0.05, 0.1) is 17.1 Å². The lowest BCUT2D eigenvalue weighted by Gasteiger charge is -2.24. The minimum atomic E-state index is -0.496. The Kier molecular flexibility index (Phi) is 4.58. The number of carbonyl (C=O) groups is 1. The lowest BCUT2D eigenvalue weighted by Crippen LogP contribution is -2.41. The van der Waals surface area contributed by atoms with E-state index in [2.05, 4.69) is 9.97 Å². The molecule has 1 N–H and O–H groups in total. The zero-order valence-corrected chi connectivity index (χ0v) is 14.5. The highest BCUT2D eigenvalue weighted by molar-refractivity contribution is 5.94. The molecule has 0 aliphatic carbocycles. The number of nitrogens with zero attached hydrogens (tertiary/aromatic N) is 2. The second kappa shape index (κ2) is 7.19. The van der Waals surface area contributed by atoms with Crippen LogP contribution >= 0.6 is 0 Å². The quantitative estimate of drug-likeness (QED) is 0.769. The largest absolute Gasteiger partial charge is 0.491 e. The van der Waals surface area contributed by atoms with Gasteiger partial charge in [0.2, 0.25) is 0 Å². The maximum Gasteiger partial charge on any atom is 0.280 e. The molecule has 1 fully saturated rings. The summed E-state index contributed by atoms with van der Waals surface area (Å²) in [5, 5.41) is 0. The first-order chi connectivity index (χ1) is 13.1. The highest BCUT2D eigenvalue weighted by atomic mass is 19.1. The number of ether oxygens (including phenoxy) is 1. The second-order valence-corrected chi connectivity index (χ2v) is 6.49.